The van der Waals surface area contributed by atoms with Crippen LogP contribution in [0, 0.1) is 0 Å². The third-order valence-electron chi connectivity index (χ3n) is 2.88. The van der Waals surface area contributed by atoms with Gasteiger partial charge in [0.15, 0.2) is 0 Å². The number of carbonyl (C=O) groups is 1. The van der Waals surface area contributed by atoms with E-state index in [2.05, 4.69) is 4.98 Å². The summed E-state index contributed by atoms with van der Waals surface area (Å²) >= 11 is 0. The first-order valence-corrected chi connectivity index (χ1v) is 5.68. The molecule has 2 rings (SSSR count). The average Bonchev–Trinajstić information content (AvgIpc) is 2.38. The molecule has 0 aromatic carbocycles. The van der Waals surface area contributed by atoms with E-state index >= 15 is 0 Å². The maximum atomic E-state index is 12.2. The van der Waals surface area contributed by atoms with Gasteiger partial charge in [-0.25, -0.2) is 4.98 Å². The molecular formula is C12H16N2O3. The topological polar surface area (TPSA) is 62.7 Å². The number of nitrogens with zero attached hydrogens (tertiary/aromatic N) is 2. The van der Waals surface area contributed by atoms with Crippen molar-refractivity contribution in [1.82, 2.24) is 9.88 Å². The number of amides is 1. The van der Waals surface area contributed by atoms with E-state index in [1.807, 2.05) is 0 Å². The number of rotatable bonds is 2. The molecule has 2 heterocycles. The van der Waals surface area contributed by atoms with E-state index in [-0.39, 0.29) is 5.91 Å². The molecule has 1 N–H and O–H groups in total. The SMILES string of the molecule is COc1ncccc1C(=O)N1CCC[C@@H](O)C1. The summed E-state index contributed by atoms with van der Waals surface area (Å²) in [6, 6.07) is 3.39. The second-order valence-electron chi connectivity index (χ2n) is 4.11. The number of hydrogen-bond donors (Lipinski definition) is 1. The van der Waals surface area contributed by atoms with Crippen molar-refractivity contribution in [2.24, 2.45) is 0 Å². The Hall–Kier alpha value is -1.62. The van der Waals surface area contributed by atoms with Crippen LogP contribution in [0.3, 0.4) is 0 Å². The van der Waals surface area contributed by atoms with Crippen LogP contribution in [0.25, 0.3) is 0 Å². The molecule has 0 spiro atoms. The summed E-state index contributed by atoms with van der Waals surface area (Å²) in [5.41, 5.74) is 0.448. The van der Waals surface area contributed by atoms with Gasteiger partial charge in [0.05, 0.1) is 13.2 Å². The number of pyridine rings is 1. The maximum absolute atomic E-state index is 12.2. The summed E-state index contributed by atoms with van der Waals surface area (Å²) in [4.78, 5) is 17.9. The standard InChI is InChI=1S/C12H16N2O3/c1-17-11-10(5-2-6-13-11)12(16)14-7-3-4-9(15)8-14/h2,5-6,9,15H,3-4,7-8H2,1H3/t9-/m1/s1. The molecule has 1 aromatic heterocycles. The Morgan fingerprint density at radius 2 is 2.47 bits per heavy atom. The van der Waals surface area contributed by atoms with Crippen LogP contribution in [-0.2, 0) is 0 Å². The molecule has 0 bridgehead atoms. The molecule has 1 aliphatic rings. The van der Waals surface area contributed by atoms with E-state index in [1.54, 1.807) is 23.2 Å². The molecule has 0 aliphatic carbocycles. The van der Waals surface area contributed by atoms with E-state index in [9.17, 15) is 9.90 Å². The lowest BCUT2D eigenvalue weighted by atomic mass is 10.1. The van der Waals surface area contributed by atoms with Crippen molar-refractivity contribution in [3.05, 3.63) is 23.9 Å². The highest BCUT2D eigenvalue weighted by molar-refractivity contribution is 5.96. The molecule has 5 nitrogen and oxygen atoms in total. The van der Waals surface area contributed by atoms with Gasteiger partial charge in [-0.05, 0) is 25.0 Å². The van der Waals surface area contributed by atoms with E-state index in [0.717, 1.165) is 12.8 Å². The Kier molecular flexibility index (Phi) is 3.58. The highest BCUT2D eigenvalue weighted by Crippen LogP contribution is 2.19. The normalized spacial score (nSPS) is 20.1. The Labute approximate surface area is 100 Å². The van der Waals surface area contributed by atoms with Gasteiger partial charge in [-0.15, -0.1) is 0 Å². The minimum atomic E-state index is -0.421. The summed E-state index contributed by atoms with van der Waals surface area (Å²) in [5, 5.41) is 9.56. The lowest BCUT2D eigenvalue weighted by molar-refractivity contribution is 0.0470. The lowest BCUT2D eigenvalue weighted by Crippen LogP contribution is -2.42. The third-order valence-corrected chi connectivity index (χ3v) is 2.88. The molecule has 1 amide bonds. The Morgan fingerprint density at radius 3 is 3.18 bits per heavy atom. The fourth-order valence-corrected chi connectivity index (χ4v) is 2.03. The predicted octanol–water partition coefficient (Wildman–Crippen LogP) is 0.687. The van der Waals surface area contributed by atoms with E-state index in [4.69, 9.17) is 4.74 Å². The average molecular weight is 236 g/mol. The van der Waals surface area contributed by atoms with E-state index in [1.165, 1.54) is 7.11 Å². The summed E-state index contributed by atoms with van der Waals surface area (Å²) < 4.78 is 5.06. The molecule has 1 aliphatic heterocycles. The number of carbonyl (C=O) groups excluding carboxylic acids is 1. The molecule has 17 heavy (non-hydrogen) atoms. The number of aromatic nitrogens is 1. The third kappa shape index (κ3) is 2.55. The second-order valence-corrected chi connectivity index (χ2v) is 4.11. The zero-order valence-electron chi connectivity index (χ0n) is 9.80. The van der Waals surface area contributed by atoms with Gasteiger partial charge < -0.3 is 14.7 Å². The lowest BCUT2D eigenvalue weighted by Gasteiger charge is -2.30. The van der Waals surface area contributed by atoms with Crippen molar-refractivity contribution in [3.8, 4) is 5.88 Å². The zero-order chi connectivity index (χ0) is 12.3. The van der Waals surface area contributed by atoms with Gasteiger partial charge in [-0.3, -0.25) is 4.79 Å². The van der Waals surface area contributed by atoms with Crippen molar-refractivity contribution in [1.29, 1.82) is 0 Å². The van der Waals surface area contributed by atoms with Gasteiger partial charge >= 0.3 is 0 Å². The second kappa shape index (κ2) is 5.14. The van der Waals surface area contributed by atoms with Crippen LogP contribution in [0.15, 0.2) is 18.3 Å². The molecule has 92 valence electrons. The van der Waals surface area contributed by atoms with Crippen molar-refractivity contribution in [2.75, 3.05) is 20.2 Å². The molecular weight excluding hydrogens is 220 g/mol. The highest BCUT2D eigenvalue weighted by atomic mass is 16.5. The summed E-state index contributed by atoms with van der Waals surface area (Å²) in [7, 11) is 1.49. The Bertz CT molecular complexity index is 408. The number of likely N-dealkylation sites (tertiary alicyclic amines) is 1. The van der Waals surface area contributed by atoms with Crippen molar-refractivity contribution in [2.45, 2.75) is 18.9 Å². The Morgan fingerprint density at radius 1 is 1.65 bits per heavy atom. The fraction of sp³-hybridized carbons (Fsp3) is 0.500. The molecule has 0 radical (unpaired) electrons. The largest absolute Gasteiger partial charge is 0.480 e. The minimum Gasteiger partial charge on any atom is -0.480 e. The van der Waals surface area contributed by atoms with Gasteiger partial charge in [-0.2, -0.15) is 0 Å². The monoisotopic (exact) mass is 236 g/mol. The van der Waals surface area contributed by atoms with Gasteiger partial charge in [0.1, 0.15) is 5.56 Å². The Balaban J connectivity index is 2.18. The van der Waals surface area contributed by atoms with Crippen LogP contribution in [0.5, 0.6) is 5.88 Å². The van der Waals surface area contributed by atoms with Crippen LogP contribution in [0.2, 0.25) is 0 Å². The smallest absolute Gasteiger partial charge is 0.259 e. The minimum absolute atomic E-state index is 0.131. The van der Waals surface area contributed by atoms with Crippen molar-refractivity contribution >= 4 is 5.91 Å². The molecule has 1 atom stereocenters. The number of methoxy groups -OCH3 is 1. The highest BCUT2D eigenvalue weighted by Gasteiger charge is 2.25. The van der Waals surface area contributed by atoms with Crippen LogP contribution in [0.4, 0.5) is 0 Å². The first kappa shape index (κ1) is 11.9. The van der Waals surface area contributed by atoms with Crippen LogP contribution in [-0.4, -0.2) is 47.2 Å². The predicted molar refractivity (Wildman–Crippen MR) is 61.9 cm³/mol. The van der Waals surface area contributed by atoms with Crippen LogP contribution >= 0.6 is 0 Å². The molecule has 0 saturated carbocycles. The summed E-state index contributed by atoms with van der Waals surface area (Å²) in [6.45, 7) is 1.06. The number of β-amino-alcohol motifs (C(OH)–C–C–N with tert-alkyl or cyclic N) is 1. The van der Waals surface area contributed by atoms with Crippen LogP contribution in [0.1, 0.15) is 23.2 Å². The van der Waals surface area contributed by atoms with Gasteiger partial charge in [0.2, 0.25) is 5.88 Å². The van der Waals surface area contributed by atoms with Crippen molar-refractivity contribution in [3.63, 3.8) is 0 Å². The molecule has 1 aromatic rings. The number of ether oxygens (including phenoxy) is 1. The summed E-state index contributed by atoms with van der Waals surface area (Å²) in [5.74, 6) is 0.200. The number of aliphatic hydroxyl groups is 1. The maximum Gasteiger partial charge on any atom is 0.259 e. The summed E-state index contributed by atoms with van der Waals surface area (Å²) in [6.07, 6.45) is 2.75. The fourth-order valence-electron chi connectivity index (χ4n) is 2.03. The van der Waals surface area contributed by atoms with Gasteiger partial charge in [0, 0.05) is 19.3 Å². The first-order valence-electron chi connectivity index (χ1n) is 5.68. The van der Waals surface area contributed by atoms with Gasteiger partial charge in [0.25, 0.3) is 5.91 Å². The first-order chi connectivity index (χ1) is 8.22. The quantitative estimate of drug-likeness (QED) is 0.820. The van der Waals surface area contributed by atoms with E-state index in [0.29, 0.717) is 24.5 Å². The number of piperidine rings is 1. The van der Waals surface area contributed by atoms with Gasteiger partial charge in [-0.1, -0.05) is 0 Å². The molecule has 0 unspecified atom stereocenters. The molecule has 1 fully saturated rings. The van der Waals surface area contributed by atoms with E-state index < -0.39 is 6.10 Å². The zero-order valence-corrected chi connectivity index (χ0v) is 9.80. The molecule has 5 heteroatoms. The number of aliphatic hydroxyl groups excluding tert-OH is 1. The van der Waals surface area contributed by atoms with Crippen molar-refractivity contribution < 1.29 is 14.6 Å². The van der Waals surface area contributed by atoms with Crippen LogP contribution < -0.4 is 4.74 Å². The number of hydrogen-bond acceptors (Lipinski definition) is 4. The molecule has 1 saturated heterocycles.